The quantitative estimate of drug-likeness (QED) is 0.770. The highest BCUT2D eigenvalue weighted by Crippen LogP contribution is 2.29. The molecule has 6 nitrogen and oxygen atoms in total. The SMILES string of the molecule is COc1ccc(NC(=O)C2=C(C)NC(=O)N[C@H]2c2ccc(F)c(F)c2)cc1. The van der Waals surface area contributed by atoms with E-state index in [0.29, 0.717) is 17.1 Å². The van der Waals surface area contributed by atoms with Gasteiger partial charge in [0.25, 0.3) is 5.91 Å². The second kappa shape index (κ2) is 7.45. The van der Waals surface area contributed by atoms with Gasteiger partial charge in [-0.1, -0.05) is 6.07 Å². The third-order valence-corrected chi connectivity index (χ3v) is 4.14. The fraction of sp³-hybridized carbons (Fsp3) is 0.158. The number of halogens is 2. The number of carbonyl (C=O) groups is 2. The van der Waals surface area contributed by atoms with E-state index in [1.54, 1.807) is 31.2 Å². The van der Waals surface area contributed by atoms with Crippen LogP contribution in [-0.4, -0.2) is 19.0 Å². The largest absolute Gasteiger partial charge is 0.497 e. The Morgan fingerprint density at radius 2 is 1.81 bits per heavy atom. The maximum atomic E-state index is 13.6. The number of amides is 3. The standard InChI is InChI=1S/C19H17F2N3O3/c1-10-16(18(25)23-12-4-6-13(27-2)7-5-12)17(24-19(26)22-10)11-3-8-14(20)15(21)9-11/h3-9,17H,1-2H3,(H,23,25)(H2,22,24,26)/t17-/m0/s1. The minimum Gasteiger partial charge on any atom is -0.497 e. The zero-order valence-electron chi connectivity index (χ0n) is 14.6. The fourth-order valence-corrected chi connectivity index (χ4v) is 2.81. The lowest BCUT2D eigenvalue weighted by molar-refractivity contribution is -0.113. The third-order valence-electron chi connectivity index (χ3n) is 4.14. The van der Waals surface area contributed by atoms with Gasteiger partial charge < -0.3 is 20.7 Å². The number of urea groups is 1. The number of anilines is 1. The van der Waals surface area contributed by atoms with Gasteiger partial charge >= 0.3 is 6.03 Å². The van der Waals surface area contributed by atoms with Gasteiger partial charge in [0.05, 0.1) is 18.7 Å². The molecule has 8 heteroatoms. The van der Waals surface area contributed by atoms with E-state index in [0.717, 1.165) is 12.1 Å². The monoisotopic (exact) mass is 373 g/mol. The average molecular weight is 373 g/mol. The van der Waals surface area contributed by atoms with Crippen LogP contribution in [0.25, 0.3) is 0 Å². The molecule has 1 atom stereocenters. The van der Waals surface area contributed by atoms with Crippen molar-refractivity contribution in [3.8, 4) is 5.75 Å². The van der Waals surface area contributed by atoms with Crippen molar-refractivity contribution in [2.45, 2.75) is 13.0 Å². The summed E-state index contributed by atoms with van der Waals surface area (Å²) in [5.74, 6) is -1.92. The van der Waals surface area contributed by atoms with E-state index in [1.807, 2.05) is 0 Å². The maximum Gasteiger partial charge on any atom is 0.319 e. The van der Waals surface area contributed by atoms with Crippen LogP contribution in [-0.2, 0) is 4.79 Å². The van der Waals surface area contributed by atoms with Gasteiger partial charge in [0.2, 0.25) is 0 Å². The van der Waals surface area contributed by atoms with Gasteiger partial charge in [0.15, 0.2) is 11.6 Å². The molecule has 1 aliphatic rings. The van der Waals surface area contributed by atoms with Crippen LogP contribution in [0, 0.1) is 11.6 Å². The van der Waals surface area contributed by atoms with Crippen molar-refractivity contribution in [3.63, 3.8) is 0 Å². The zero-order valence-corrected chi connectivity index (χ0v) is 14.6. The molecule has 0 saturated carbocycles. The predicted molar refractivity (Wildman–Crippen MR) is 95.1 cm³/mol. The molecule has 0 fully saturated rings. The van der Waals surface area contributed by atoms with E-state index in [4.69, 9.17) is 4.74 Å². The second-order valence-electron chi connectivity index (χ2n) is 5.93. The number of ether oxygens (including phenoxy) is 1. The number of carbonyl (C=O) groups excluding carboxylic acids is 2. The Bertz CT molecular complexity index is 926. The van der Waals surface area contributed by atoms with Crippen molar-refractivity contribution in [1.29, 1.82) is 0 Å². The number of methoxy groups -OCH3 is 1. The summed E-state index contributed by atoms with van der Waals surface area (Å²) in [4.78, 5) is 24.7. The van der Waals surface area contributed by atoms with Crippen molar-refractivity contribution >= 4 is 17.6 Å². The Labute approximate surface area is 154 Å². The molecule has 1 aliphatic heterocycles. The van der Waals surface area contributed by atoms with Gasteiger partial charge in [-0.15, -0.1) is 0 Å². The van der Waals surface area contributed by atoms with Crippen LogP contribution >= 0.6 is 0 Å². The molecule has 0 spiro atoms. The summed E-state index contributed by atoms with van der Waals surface area (Å²) in [7, 11) is 1.53. The van der Waals surface area contributed by atoms with Gasteiger partial charge in [-0.3, -0.25) is 4.79 Å². The number of benzene rings is 2. The minimum absolute atomic E-state index is 0.191. The van der Waals surface area contributed by atoms with Gasteiger partial charge in [-0.25, -0.2) is 13.6 Å². The van der Waals surface area contributed by atoms with Crippen molar-refractivity contribution in [3.05, 3.63) is 70.9 Å². The molecule has 27 heavy (non-hydrogen) atoms. The molecule has 0 aliphatic carbocycles. The molecule has 0 bridgehead atoms. The summed E-state index contributed by atoms with van der Waals surface area (Å²) < 4.78 is 32.0. The molecule has 2 aromatic rings. The summed E-state index contributed by atoms with van der Waals surface area (Å²) in [5.41, 5.74) is 1.28. The summed E-state index contributed by atoms with van der Waals surface area (Å²) in [6.07, 6.45) is 0. The molecular formula is C19H17F2N3O3. The molecule has 1 heterocycles. The number of hydrogen-bond acceptors (Lipinski definition) is 3. The Hall–Kier alpha value is -3.42. The van der Waals surface area contributed by atoms with Crippen LogP contribution in [0.3, 0.4) is 0 Å². The molecule has 140 valence electrons. The van der Waals surface area contributed by atoms with Crippen molar-refractivity contribution < 1.29 is 23.1 Å². The van der Waals surface area contributed by atoms with Crippen molar-refractivity contribution in [2.75, 3.05) is 12.4 Å². The van der Waals surface area contributed by atoms with E-state index >= 15 is 0 Å². The second-order valence-corrected chi connectivity index (χ2v) is 5.93. The molecule has 3 amide bonds. The van der Waals surface area contributed by atoms with Crippen molar-refractivity contribution in [1.82, 2.24) is 10.6 Å². The topological polar surface area (TPSA) is 79.5 Å². The lowest BCUT2D eigenvalue weighted by Gasteiger charge is -2.28. The first-order valence-electron chi connectivity index (χ1n) is 8.07. The van der Waals surface area contributed by atoms with Crippen molar-refractivity contribution in [2.24, 2.45) is 0 Å². The number of allylic oxidation sites excluding steroid dienone is 1. The van der Waals surface area contributed by atoms with Gasteiger partial charge in [0, 0.05) is 11.4 Å². The number of hydrogen-bond donors (Lipinski definition) is 3. The Balaban J connectivity index is 1.92. The highest BCUT2D eigenvalue weighted by molar-refractivity contribution is 6.06. The summed E-state index contributed by atoms with van der Waals surface area (Å²) in [6, 6.07) is 8.46. The lowest BCUT2D eigenvalue weighted by atomic mass is 9.94. The van der Waals surface area contributed by atoms with E-state index in [-0.39, 0.29) is 11.1 Å². The average Bonchev–Trinajstić information content (AvgIpc) is 2.63. The van der Waals surface area contributed by atoms with Gasteiger partial charge in [-0.2, -0.15) is 0 Å². The van der Waals surface area contributed by atoms with Crippen LogP contribution < -0.4 is 20.7 Å². The highest BCUT2D eigenvalue weighted by Gasteiger charge is 2.31. The molecular weight excluding hydrogens is 356 g/mol. The summed E-state index contributed by atoms with van der Waals surface area (Å²) in [5, 5.41) is 7.81. The molecule has 0 aromatic heterocycles. The van der Waals surface area contributed by atoms with E-state index in [1.165, 1.54) is 13.2 Å². The van der Waals surface area contributed by atoms with E-state index in [2.05, 4.69) is 16.0 Å². The zero-order chi connectivity index (χ0) is 19.6. The number of nitrogens with one attached hydrogen (secondary N) is 3. The number of rotatable bonds is 4. The summed E-state index contributed by atoms with van der Waals surface area (Å²) in [6.45, 7) is 1.56. The molecule has 0 unspecified atom stereocenters. The highest BCUT2D eigenvalue weighted by atomic mass is 19.2. The van der Waals surface area contributed by atoms with Crippen LogP contribution in [0.2, 0.25) is 0 Å². The van der Waals surface area contributed by atoms with Crippen LogP contribution in [0.1, 0.15) is 18.5 Å². The van der Waals surface area contributed by atoms with Crippen LogP contribution in [0.4, 0.5) is 19.3 Å². The third kappa shape index (κ3) is 3.89. The van der Waals surface area contributed by atoms with Crippen LogP contribution in [0.5, 0.6) is 5.75 Å². The van der Waals surface area contributed by atoms with Gasteiger partial charge in [0.1, 0.15) is 5.75 Å². The van der Waals surface area contributed by atoms with Gasteiger partial charge in [-0.05, 0) is 48.9 Å². The van der Waals surface area contributed by atoms with E-state index < -0.39 is 29.6 Å². The first-order chi connectivity index (χ1) is 12.9. The fourth-order valence-electron chi connectivity index (χ4n) is 2.81. The Morgan fingerprint density at radius 1 is 1.11 bits per heavy atom. The molecule has 3 rings (SSSR count). The smallest absolute Gasteiger partial charge is 0.319 e. The normalized spacial score (nSPS) is 16.4. The predicted octanol–water partition coefficient (Wildman–Crippen LogP) is 3.24. The molecule has 0 saturated heterocycles. The lowest BCUT2D eigenvalue weighted by Crippen LogP contribution is -2.46. The maximum absolute atomic E-state index is 13.6. The van der Waals surface area contributed by atoms with Crippen LogP contribution in [0.15, 0.2) is 53.7 Å². The first kappa shape index (κ1) is 18.4. The Morgan fingerprint density at radius 3 is 2.44 bits per heavy atom. The Kier molecular flexibility index (Phi) is 5.07. The molecule has 2 aromatic carbocycles. The minimum atomic E-state index is -1.06. The molecule has 3 N–H and O–H groups in total. The first-order valence-corrected chi connectivity index (χ1v) is 8.07. The van der Waals surface area contributed by atoms with E-state index in [9.17, 15) is 18.4 Å². The summed E-state index contributed by atoms with van der Waals surface area (Å²) >= 11 is 0. The molecule has 0 radical (unpaired) electrons.